The highest BCUT2D eigenvalue weighted by molar-refractivity contribution is 7.89. The van der Waals surface area contributed by atoms with Crippen LogP contribution in [0.5, 0.6) is 0 Å². The van der Waals surface area contributed by atoms with Crippen molar-refractivity contribution in [3.63, 3.8) is 0 Å². The molecule has 2 aliphatic heterocycles. The fourth-order valence-electron chi connectivity index (χ4n) is 3.96. The standard InChI is InChI=1S/C20H24N4O3S/c1-20(2)16-14-15(7-8-17(16)22(3)19(20)25)28(26,27)24-12-10-23(11-13-24)18-6-4-5-9-21-18/h4-9,14H,10-13H2,1-3H3. The number of aromatic nitrogens is 1. The maximum Gasteiger partial charge on any atom is 0.243 e. The Balaban J connectivity index is 1.57. The van der Waals surface area contributed by atoms with Gasteiger partial charge < -0.3 is 9.80 Å². The monoisotopic (exact) mass is 400 g/mol. The predicted octanol–water partition coefficient (Wildman–Crippen LogP) is 1.85. The van der Waals surface area contributed by atoms with E-state index in [-0.39, 0.29) is 10.8 Å². The Morgan fingerprint density at radius 3 is 2.39 bits per heavy atom. The molecule has 1 saturated heterocycles. The molecule has 2 aromatic rings. The minimum Gasteiger partial charge on any atom is -0.354 e. The molecule has 0 N–H and O–H groups in total. The molecule has 0 saturated carbocycles. The second-order valence-electron chi connectivity index (χ2n) is 7.75. The largest absolute Gasteiger partial charge is 0.354 e. The summed E-state index contributed by atoms with van der Waals surface area (Å²) in [6.45, 7) is 5.65. The first kappa shape index (κ1) is 18.9. The molecule has 0 unspecified atom stereocenters. The molecule has 28 heavy (non-hydrogen) atoms. The summed E-state index contributed by atoms with van der Waals surface area (Å²) in [6.07, 6.45) is 1.74. The number of pyridine rings is 1. The maximum absolute atomic E-state index is 13.2. The number of hydrogen-bond acceptors (Lipinski definition) is 5. The number of hydrogen-bond donors (Lipinski definition) is 0. The van der Waals surface area contributed by atoms with Gasteiger partial charge in [0.2, 0.25) is 15.9 Å². The van der Waals surface area contributed by atoms with Crippen LogP contribution in [0.25, 0.3) is 0 Å². The van der Waals surface area contributed by atoms with Crippen molar-refractivity contribution in [3.05, 3.63) is 48.2 Å². The molecule has 3 heterocycles. The average molecular weight is 401 g/mol. The number of nitrogens with zero attached hydrogens (tertiary/aromatic N) is 4. The van der Waals surface area contributed by atoms with Crippen molar-refractivity contribution < 1.29 is 13.2 Å². The molecule has 0 atom stereocenters. The van der Waals surface area contributed by atoms with Gasteiger partial charge in [0, 0.05) is 45.1 Å². The summed E-state index contributed by atoms with van der Waals surface area (Å²) < 4.78 is 27.9. The van der Waals surface area contributed by atoms with E-state index in [1.807, 2.05) is 32.0 Å². The molecule has 7 nitrogen and oxygen atoms in total. The lowest BCUT2D eigenvalue weighted by Crippen LogP contribution is -2.48. The zero-order chi connectivity index (χ0) is 20.1. The summed E-state index contributed by atoms with van der Waals surface area (Å²) in [7, 11) is -1.89. The van der Waals surface area contributed by atoms with E-state index < -0.39 is 15.4 Å². The van der Waals surface area contributed by atoms with Crippen LogP contribution in [-0.2, 0) is 20.2 Å². The summed E-state index contributed by atoms with van der Waals surface area (Å²) >= 11 is 0. The van der Waals surface area contributed by atoms with E-state index >= 15 is 0 Å². The van der Waals surface area contributed by atoms with Crippen molar-refractivity contribution in [2.24, 2.45) is 0 Å². The molecule has 0 radical (unpaired) electrons. The van der Waals surface area contributed by atoms with Crippen molar-refractivity contribution in [1.82, 2.24) is 9.29 Å². The first-order chi connectivity index (χ1) is 13.2. The van der Waals surface area contributed by atoms with E-state index in [1.54, 1.807) is 36.3 Å². The molecular formula is C20H24N4O3S. The molecule has 2 aliphatic rings. The smallest absolute Gasteiger partial charge is 0.243 e. The van der Waals surface area contributed by atoms with Crippen LogP contribution in [0.15, 0.2) is 47.5 Å². The van der Waals surface area contributed by atoms with Gasteiger partial charge in [0.1, 0.15) is 5.82 Å². The molecular weight excluding hydrogens is 376 g/mol. The summed E-state index contributed by atoms with van der Waals surface area (Å²) in [5.74, 6) is 0.835. The molecule has 4 rings (SSSR count). The number of carbonyl (C=O) groups excluding carboxylic acids is 1. The van der Waals surface area contributed by atoms with Crippen LogP contribution in [0.1, 0.15) is 19.4 Å². The van der Waals surface area contributed by atoms with Gasteiger partial charge >= 0.3 is 0 Å². The Morgan fingerprint density at radius 1 is 1.04 bits per heavy atom. The SMILES string of the molecule is CN1C(=O)C(C)(C)c2cc(S(=O)(=O)N3CCN(c4ccccn4)CC3)ccc21. The number of rotatable bonds is 3. The Labute approximate surface area is 165 Å². The third-order valence-corrected chi connectivity index (χ3v) is 7.59. The zero-order valence-corrected chi connectivity index (χ0v) is 17.1. The lowest BCUT2D eigenvalue weighted by Gasteiger charge is -2.34. The number of fused-ring (bicyclic) bond motifs is 1. The van der Waals surface area contributed by atoms with E-state index in [9.17, 15) is 13.2 Å². The highest BCUT2D eigenvalue weighted by Gasteiger charge is 2.43. The number of sulfonamides is 1. The van der Waals surface area contributed by atoms with Gasteiger partial charge in [-0.2, -0.15) is 4.31 Å². The lowest BCUT2D eigenvalue weighted by atomic mass is 9.86. The van der Waals surface area contributed by atoms with Gasteiger partial charge in [-0.3, -0.25) is 4.79 Å². The third-order valence-electron chi connectivity index (χ3n) is 5.69. The van der Waals surface area contributed by atoms with Crippen LogP contribution in [0.4, 0.5) is 11.5 Å². The van der Waals surface area contributed by atoms with Crippen LogP contribution in [0.3, 0.4) is 0 Å². The van der Waals surface area contributed by atoms with Crippen molar-refractivity contribution in [3.8, 4) is 0 Å². The summed E-state index contributed by atoms with van der Waals surface area (Å²) in [4.78, 5) is 20.7. The number of carbonyl (C=O) groups is 1. The van der Waals surface area contributed by atoms with Crippen molar-refractivity contribution >= 4 is 27.4 Å². The molecule has 8 heteroatoms. The molecule has 0 aliphatic carbocycles. The molecule has 1 fully saturated rings. The van der Waals surface area contributed by atoms with Crippen LogP contribution in [0, 0.1) is 0 Å². The number of anilines is 2. The molecule has 1 amide bonds. The fourth-order valence-corrected chi connectivity index (χ4v) is 5.41. The summed E-state index contributed by atoms with van der Waals surface area (Å²) in [5.41, 5.74) is 0.801. The van der Waals surface area contributed by atoms with Gasteiger partial charge in [0.25, 0.3) is 0 Å². The zero-order valence-electron chi connectivity index (χ0n) is 16.3. The van der Waals surface area contributed by atoms with E-state index in [0.29, 0.717) is 26.2 Å². The quantitative estimate of drug-likeness (QED) is 0.786. The van der Waals surface area contributed by atoms with Crippen LogP contribution >= 0.6 is 0 Å². The Morgan fingerprint density at radius 2 is 1.75 bits per heavy atom. The first-order valence-electron chi connectivity index (χ1n) is 9.32. The molecule has 0 spiro atoms. The van der Waals surface area contributed by atoms with E-state index in [0.717, 1.165) is 17.1 Å². The first-order valence-corrected chi connectivity index (χ1v) is 10.8. The van der Waals surface area contributed by atoms with Gasteiger partial charge in [-0.25, -0.2) is 13.4 Å². The van der Waals surface area contributed by atoms with Gasteiger partial charge in [-0.1, -0.05) is 6.07 Å². The Hall–Kier alpha value is -2.45. The average Bonchev–Trinajstić information content (AvgIpc) is 2.89. The second kappa shape index (κ2) is 6.56. The van der Waals surface area contributed by atoms with Crippen LogP contribution < -0.4 is 9.80 Å². The summed E-state index contributed by atoms with van der Waals surface area (Å²) in [5, 5.41) is 0. The maximum atomic E-state index is 13.2. The number of likely N-dealkylation sites (N-methyl/N-ethyl adjacent to an activating group) is 1. The fraction of sp³-hybridized carbons (Fsp3) is 0.400. The third kappa shape index (κ3) is 2.87. The highest BCUT2D eigenvalue weighted by Crippen LogP contribution is 2.42. The lowest BCUT2D eigenvalue weighted by molar-refractivity contribution is -0.121. The van der Waals surface area contributed by atoms with Crippen LogP contribution in [-0.4, -0.2) is 56.8 Å². The van der Waals surface area contributed by atoms with Gasteiger partial charge in [0.15, 0.2) is 0 Å². The second-order valence-corrected chi connectivity index (χ2v) is 9.69. The highest BCUT2D eigenvalue weighted by atomic mass is 32.2. The van der Waals surface area contributed by atoms with Crippen molar-refractivity contribution in [2.45, 2.75) is 24.2 Å². The summed E-state index contributed by atoms with van der Waals surface area (Å²) in [6, 6.07) is 10.7. The molecule has 1 aromatic carbocycles. The van der Waals surface area contributed by atoms with E-state index in [2.05, 4.69) is 9.88 Å². The van der Waals surface area contributed by atoms with E-state index in [4.69, 9.17) is 0 Å². The molecule has 0 bridgehead atoms. The normalized spacial score (nSPS) is 19.8. The Kier molecular flexibility index (Phi) is 4.43. The van der Waals surface area contributed by atoms with Crippen LogP contribution in [0.2, 0.25) is 0 Å². The molecule has 1 aromatic heterocycles. The minimum absolute atomic E-state index is 0.0268. The number of piperazine rings is 1. The Bertz CT molecular complexity index is 1010. The van der Waals surface area contributed by atoms with Crippen molar-refractivity contribution in [1.29, 1.82) is 0 Å². The van der Waals surface area contributed by atoms with E-state index in [1.165, 1.54) is 4.31 Å². The topological polar surface area (TPSA) is 73.8 Å². The minimum atomic E-state index is -3.62. The molecule has 148 valence electrons. The number of benzene rings is 1. The van der Waals surface area contributed by atoms with Crippen molar-refractivity contribution in [2.75, 3.05) is 43.0 Å². The van der Waals surface area contributed by atoms with Gasteiger partial charge in [0.05, 0.1) is 10.3 Å². The van der Waals surface area contributed by atoms with Gasteiger partial charge in [-0.15, -0.1) is 0 Å². The number of amides is 1. The predicted molar refractivity (Wildman–Crippen MR) is 108 cm³/mol. The van der Waals surface area contributed by atoms with Gasteiger partial charge in [-0.05, 0) is 49.7 Å².